The van der Waals surface area contributed by atoms with Gasteiger partial charge < -0.3 is 5.11 Å². The van der Waals surface area contributed by atoms with Crippen molar-refractivity contribution in [3.63, 3.8) is 0 Å². The monoisotopic (exact) mass is 250 g/mol. The van der Waals surface area contributed by atoms with Crippen molar-refractivity contribution in [1.29, 1.82) is 0 Å². The van der Waals surface area contributed by atoms with Crippen LogP contribution in [0.2, 0.25) is 0 Å². The molecule has 0 radical (unpaired) electrons. The number of amides is 2. The molecule has 0 aromatic heterocycles. The number of quaternary nitrogens is 1. The third-order valence-corrected chi connectivity index (χ3v) is 3.81. The van der Waals surface area contributed by atoms with Gasteiger partial charge in [-0.2, -0.15) is 21.9 Å². The van der Waals surface area contributed by atoms with E-state index < -0.39 is 34.6 Å². The van der Waals surface area contributed by atoms with Crippen LogP contribution < -0.4 is 0 Å². The van der Waals surface area contributed by atoms with E-state index in [-0.39, 0.29) is 18.7 Å². The van der Waals surface area contributed by atoms with Crippen LogP contribution in [0.1, 0.15) is 20.3 Å². The molecule has 0 aromatic rings. The first-order chi connectivity index (χ1) is 7.36. The average Bonchev–Trinajstić information content (AvgIpc) is 2.52. The zero-order valence-electron chi connectivity index (χ0n) is 9.39. The van der Waals surface area contributed by atoms with Gasteiger partial charge in [-0.1, -0.05) is 0 Å². The maximum absolute atomic E-state index is 13.3. The largest absolute Gasteiger partial charge is 0.521 e. The molecule has 0 aromatic carbocycles. The van der Waals surface area contributed by atoms with Crippen LogP contribution in [0.25, 0.3) is 0 Å². The molecule has 1 aliphatic heterocycles. The normalized spacial score (nSPS) is 36.0. The second-order valence-electron chi connectivity index (χ2n) is 4.44. The number of hydrogen-bond acceptors (Lipinski definition) is 3. The molecule has 1 fully saturated rings. The maximum Gasteiger partial charge on any atom is 0.521 e. The fraction of sp³-hybridized carbons (Fsp3) is 0.800. The van der Waals surface area contributed by atoms with Gasteiger partial charge in [0.25, 0.3) is 0 Å². The molecule has 16 heavy (non-hydrogen) atoms. The SMILES string of the molecule is CC(CS)C(=O)[N@@+]1(C(=O)O)C[C@@H](F)C[C@H]1C. The molecule has 4 atom stereocenters. The summed E-state index contributed by atoms with van der Waals surface area (Å²) in [5.74, 6) is -0.655. The highest BCUT2D eigenvalue weighted by atomic mass is 32.1. The minimum atomic E-state index is -1.26. The van der Waals surface area contributed by atoms with E-state index in [9.17, 15) is 19.1 Å². The molecule has 6 heteroatoms. The molecule has 0 bridgehead atoms. The first-order valence-corrected chi connectivity index (χ1v) is 5.90. The molecule has 1 saturated heterocycles. The molecule has 1 unspecified atom stereocenters. The zero-order chi connectivity index (χ0) is 12.5. The number of hydrogen-bond donors (Lipinski definition) is 2. The maximum atomic E-state index is 13.3. The van der Waals surface area contributed by atoms with Crippen molar-refractivity contribution < 1.29 is 23.6 Å². The second-order valence-corrected chi connectivity index (χ2v) is 4.80. The first kappa shape index (κ1) is 13.4. The number of likely N-dealkylation sites (tertiary alicyclic amines) is 1. The minimum absolute atomic E-state index is 0.122. The summed E-state index contributed by atoms with van der Waals surface area (Å²) in [5, 5.41) is 9.23. The van der Waals surface area contributed by atoms with Gasteiger partial charge in [-0.05, 0) is 13.8 Å². The van der Waals surface area contributed by atoms with Crippen molar-refractivity contribution in [2.75, 3.05) is 12.3 Å². The van der Waals surface area contributed by atoms with Gasteiger partial charge in [0.1, 0.15) is 12.6 Å². The Balaban J connectivity index is 3.08. The summed E-state index contributed by atoms with van der Waals surface area (Å²) in [6, 6.07) is -0.512. The fourth-order valence-electron chi connectivity index (χ4n) is 2.26. The number of carbonyl (C=O) groups is 2. The highest BCUT2D eigenvalue weighted by Gasteiger charge is 2.57. The second kappa shape index (κ2) is 4.71. The Bertz CT molecular complexity index is 312. The van der Waals surface area contributed by atoms with Crippen LogP contribution in [0.4, 0.5) is 9.18 Å². The predicted octanol–water partition coefficient (Wildman–Crippen LogP) is 1.70. The Hall–Kier alpha value is -0.620. The van der Waals surface area contributed by atoms with Crippen molar-refractivity contribution in [3.05, 3.63) is 0 Å². The highest BCUT2D eigenvalue weighted by molar-refractivity contribution is 7.80. The third-order valence-electron chi connectivity index (χ3n) is 3.27. The Labute approximate surface area is 99.4 Å². The molecular formula is C10H17FNO3S+. The van der Waals surface area contributed by atoms with Crippen LogP contribution in [0.15, 0.2) is 0 Å². The van der Waals surface area contributed by atoms with Gasteiger partial charge in [0, 0.05) is 12.2 Å². The van der Waals surface area contributed by atoms with Gasteiger partial charge in [0.15, 0.2) is 6.17 Å². The molecule has 4 nitrogen and oxygen atoms in total. The highest BCUT2D eigenvalue weighted by Crippen LogP contribution is 2.32. The van der Waals surface area contributed by atoms with Crippen molar-refractivity contribution in [2.24, 2.45) is 5.92 Å². The number of rotatable bonds is 2. The summed E-state index contributed by atoms with van der Waals surface area (Å²) >= 11 is 3.99. The number of thiol groups is 1. The summed E-state index contributed by atoms with van der Waals surface area (Å²) in [6.07, 6.45) is -2.36. The van der Waals surface area contributed by atoms with Crippen molar-refractivity contribution in [3.8, 4) is 0 Å². The zero-order valence-corrected chi connectivity index (χ0v) is 10.3. The van der Waals surface area contributed by atoms with Crippen molar-refractivity contribution in [1.82, 2.24) is 0 Å². The summed E-state index contributed by atoms with van der Waals surface area (Å²) < 4.78 is 12.5. The standard InChI is InChI=1S/C10H16FNO3S/c1-6(5-16)9(13)12(10(14)15)4-8(11)3-7(12)2/h6-8H,3-5H2,1-2H3,(H-,14,15,16)/p+1/t6?,7-,8+,12-/m1/s1. The van der Waals surface area contributed by atoms with Crippen molar-refractivity contribution in [2.45, 2.75) is 32.5 Å². The lowest BCUT2D eigenvalue weighted by Crippen LogP contribution is -2.60. The van der Waals surface area contributed by atoms with Crippen LogP contribution in [-0.2, 0) is 4.79 Å². The topological polar surface area (TPSA) is 54.4 Å². The van der Waals surface area contributed by atoms with E-state index in [0.29, 0.717) is 0 Å². The van der Waals surface area contributed by atoms with Crippen LogP contribution in [-0.4, -0.2) is 46.1 Å². The van der Waals surface area contributed by atoms with E-state index in [1.54, 1.807) is 13.8 Å². The van der Waals surface area contributed by atoms with Gasteiger partial charge in [-0.25, -0.2) is 9.18 Å². The number of nitrogens with zero attached hydrogens (tertiary/aromatic N) is 1. The van der Waals surface area contributed by atoms with Gasteiger partial charge in [0.2, 0.25) is 0 Å². The molecule has 1 aliphatic rings. The van der Waals surface area contributed by atoms with E-state index >= 15 is 0 Å². The molecule has 1 N–H and O–H groups in total. The molecule has 0 aliphatic carbocycles. The summed E-state index contributed by atoms with van der Waals surface area (Å²) in [7, 11) is 0. The Morgan fingerprint density at radius 3 is 2.50 bits per heavy atom. The number of alkyl halides is 1. The summed E-state index contributed by atoms with van der Waals surface area (Å²) in [4.78, 5) is 23.4. The van der Waals surface area contributed by atoms with Crippen molar-refractivity contribution >= 4 is 24.6 Å². The molecule has 1 rings (SSSR count). The number of halogens is 1. The Kier molecular flexibility index (Phi) is 3.96. The third kappa shape index (κ3) is 1.96. The van der Waals surface area contributed by atoms with Gasteiger partial charge >= 0.3 is 12.0 Å². The Morgan fingerprint density at radius 2 is 2.19 bits per heavy atom. The fourth-order valence-corrected chi connectivity index (χ4v) is 2.41. The molecular weight excluding hydrogens is 233 g/mol. The molecule has 92 valence electrons. The van der Waals surface area contributed by atoms with E-state index in [1.807, 2.05) is 0 Å². The number of imide groups is 1. The molecule has 0 saturated carbocycles. The minimum Gasteiger partial charge on any atom is -0.435 e. The van der Waals surface area contributed by atoms with Crippen LogP contribution in [0, 0.1) is 5.92 Å². The van der Waals surface area contributed by atoms with Gasteiger partial charge in [-0.15, -0.1) is 0 Å². The summed E-state index contributed by atoms with van der Waals surface area (Å²) in [6.45, 7) is 2.97. The van der Waals surface area contributed by atoms with Crippen LogP contribution >= 0.6 is 12.6 Å². The van der Waals surface area contributed by atoms with Crippen LogP contribution in [0.3, 0.4) is 0 Å². The van der Waals surface area contributed by atoms with E-state index in [2.05, 4.69) is 12.6 Å². The number of carboxylic acid groups (broad SMARTS) is 1. The molecule has 1 heterocycles. The first-order valence-electron chi connectivity index (χ1n) is 5.26. The Morgan fingerprint density at radius 1 is 1.62 bits per heavy atom. The summed E-state index contributed by atoms with van der Waals surface area (Å²) in [5.41, 5.74) is 0. The lowest BCUT2D eigenvalue weighted by Gasteiger charge is -2.31. The lowest BCUT2D eigenvalue weighted by atomic mass is 10.1. The van der Waals surface area contributed by atoms with Gasteiger partial charge in [0.05, 0.1) is 5.92 Å². The van der Waals surface area contributed by atoms with E-state index in [1.165, 1.54) is 0 Å². The van der Waals surface area contributed by atoms with E-state index in [0.717, 1.165) is 0 Å². The smallest absolute Gasteiger partial charge is 0.435 e. The predicted molar refractivity (Wildman–Crippen MR) is 60.2 cm³/mol. The quantitative estimate of drug-likeness (QED) is 0.579. The van der Waals surface area contributed by atoms with E-state index in [4.69, 9.17) is 0 Å². The molecule has 0 spiro atoms. The number of carbonyl (C=O) groups excluding carboxylic acids is 1. The molecule has 2 amide bonds. The average molecular weight is 250 g/mol. The van der Waals surface area contributed by atoms with Gasteiger partial charge in [-0.3, -0.25) is 0 Å². The van der Waals surface area contributed by atoms with Crippen LogP contribution in [0.5, 0.6) is 0 Å². The lowest BCUT2D eigenvalue weighted by molar-refractivity contribution is -0.795.